The van der Waals surface area contributed by atoms with Gasteiger partial charge >= 0.3 is 0 Å². The minimum Gasteiger partial charge on any atom is -0.356 e. The number of aromatic nitrogens is 1. The van der Waals surface area contributed by atoms with Gasteiger partial charge in [-0.3, -0.25) is 14.5 Å². The number of carbonyl (C=O) groups excluding carboxylic acids is 2. The molecule has 1 unspecified atom stereocenters. The molecule has 0 aliphatic carbocycles. The SMILES string of the molecule is CCC(=O)CN1CCN(CCC2CCN(c3ccc(C(=O)C(C)C)cn3)C2)CC1. The summed E-state index contributed by atoms with van der Waals surface area (Å²) in [7, 11) is 0. The zero-order valence-corrected chi connectivity index (χ0v) is 18.3. The average Bonchev–Trinajstić information content (AvgIpc) is 3.21. The highest BCUT2D eigenvalue weighted by Gasteiger charge is 2.25. The molecule has 1 atom stereocenters. The van der Waals surface area contributed by atoms with Crippen LogP contribution in [0.2, 0.25) is 0 Å². The molecule has 0 radical (unpaired) electrons. The van der Waals surface area contributed by atoms with Crippen molar-refractivity contribution in [2.24, 2.45) is 11.8 Å². The van der Waals surface area contributed by atoms with Gasteiger partial charge in [0.1, 0.15) is 11.6 Å². The fourth-order valence-corrected chi connectivity index (χ4v) is 4.23. The van der Waals surface area contributed by atoms with E-state index in [9.17, 15) is 9.59 Å². The van der Waals surface area contributed by atoms with Crippen molar-refractivity contribution in [3.05, 3.63) is 23.9 Å². The van der Waals surface area contributed by atoms with Crippen molar-refractivity contribution < 1.29 is 9.59 Å². The molecule has 160 valence electrons. The number of hydrogen-bond acceptors (Lipinski definition) is 6. The smallest absolute Gasteiger partial charge is 0.166 e. The van der Waals surface area contributed by atoms with E-state index in [1.165, 1.54) is 12.8 Å². The molecule has 6 nitrogen and oxygen atoms in total. The molecule has 0 saturated carbocycles. The van der Waals surface area contributed by atoms with Crippen molar-refractivity contribution in [2.75, 3.05) is 57.3 Å². The molecule has 0 aromatic carbocycles. The Labute approximate surface area is 175 Å². The summed E-state index contributed by atoms with van der Waals surface area (Å²) in [6.07, 6.45) is 4.80. The lowest BCUT2D eigenvalue weighted by Gasteiger charge is -2.34. The normalized spacial score (nSPS) is 21.1. The van der Waals surface area contributed by atoms with Crippen LogP contribution in [0.4, 0.5) is 5.82 Å². The third-order valence-corrected chi connectivity index (χ3v) is 6.28. The Balaban J connectivity index is 1.39. The molecule has 0 N–H and O–H groups in total. The van der Waals surface area contributed by atoms with Crippen LogP contribution in [0.15, 0.2) is 18.3 Å². The van der Waals surface area contributed by atoms with Gasteiger partial charge in [0.05, 0.1) is 6.54 Å². The molecular weight excluding hydrogens is 364 g/mol. The van der Waals surface area contributed by atoms with Gasteiger partial charge in [-0.2, -0.15) is 0 Å². The van der Waals surface area contributed by atoms with Crippen LogP contribution >= 0.6 is 0 Å². The van der Waals surface area contributed by atoms with Gasteiger partial charge in [0.25, 0.3) is 0 Å². The molecule has 0 bridgehead atoms. The molecule has 1 aromatic heterocycles. The monoisotopic (exact) mass is 400 g/mol. The Bertz CT molecular complexity index is 681. The number of rotatable bonds is 9. The summed E-state index contributed by atoms with van der Waals surface area (Å²) < 4.78 is 0. The molecule has 3 heterocycles. The van der Waals surface area contributed by atoms with Crippen molar-refractivity contribution in [3.8, 4) is 0 Å². The Kier molecular flexibility index (Phi) is 7.78. The van der Waals surface area contributed by atoms with Gasteiger partial charge in [-0.25, -0.2) is 4.98 Å². The second-order valence-corrected chi connectivity index (χ2v) is 8.82. The molecule has 2 aliphatic heterocycles. The van der Waals surface area contributed by atoms with Crippen LogP contribution in [0, 0.1) is 11.8 Å². The van der Waals surface area contributed by atoms with E-state index in [0.29, 0.717) is 30.2 Å². The zero-order chi connectivity index (χ0) is 20.8. The molecule has 3 rings (SSSR count). The minimum absolute atomic E-state index is 0.00724. The van der Waals surface area contributed by atoms with E-state index >= 15 is 0 Å². The van der Waals surface area contributed by atoms with Gasteiger partial charge in [0.2, 0.25) is 0 Å². The fraction of sp³-hybridized carbons (Fsp3) is 0.696. The first kappa shape index (κ1) is 21.9. The molecule has 0 spiro atoms. The lowest BCUT2D eigenvalue weighted by molar-refractivity contribution is -0.120. The number of nitrogens with zero attached hydrogens (tertiary/aromatic N) is 4. The number of Topliss-reactive ketones (excluding diaryl/α,β-unsaturated/α-hetero) is 2. The predicted molar refractivity (Wildman–Crippen MR) is 117 cm³/mol. The third kappa shape index (κ3) is 6.09. The second kappa shape index (κ2) is 10.3. The third-order valence-electron chi connectivity index (χ3n) is 6.28. The maximum atomic E-state index is 12.1. The van der Waals surface area contributed by atoms with Crippen molar-refractivity contribution in [3.63, 3.8) is 0 Å². The molecule has 2 aliphatic rings. The van der Waals surface area contributed by atoms with E-state index in [4.69, 9.17) is 0 Å². The van der Waals surface area contributed by atoms with Crippen LogP contribution in [0.1, 0.15) is 50.4 Å². The number of hydrogen-bond donors (Lipinski definition) is 0. The summed E-state index contributed by atoms with van der Waals surface area (Å²) in [5.74, 6) is 2.20. The van der Waals surface area contributed by atoms with E-state index in [1.807, 2.05) is 32.9 Å². The topological polar surface area (TPSA) is 56.8 Å². The van der Waals surface area contributed by atoms with Crippen LogP contribution < -0.4 is 4.90 Å². The van der Waals surface area contributed by atoms with E-state index in [-0.39, 0.29) is 11.7 Å². The molecular formula is C23H36N4O2. The quantitative estimate of drug-likeness (QED) is 0.594. The van der Waals surface area contributed by atoms with Crippen LogP contribution in [-0.4, -0.2) is 78.7 Å². The lowest BCUT2D eigenvalue weighted by Crippen LogP contribution is -2.48. The number of pyridine rings is 1. The maximum absolute atomic E-state index is 12.1. The molecule has 0 amide bonds. The Morgan fingerprint density at radius 2 is 1.83 bits per heavy atom. The largest absolute Gasteiger partial charge is 0.356 e. The summed E-state index contributed by atoms with van der Waals surface area (Å²) in [6, 6.07) is 3.91. The van der Waals surface area contributed by atoms with Gasteiger partial charge in [0, 0.05) is 63.4 Å². The van der Waals surface area contributed by atoms with Gasteiger partial charge < -0.3 is 9.80 Å². The van der Waals surface area contributed by atoms with Crippen molar-refractivity contribution in [1.82, 2.24) is 14.8 Å². The number of anilines is 1. The second-order valence-electron chi connectivity index (χ2n) is 8.82. The van der Waals surface area contributed by atoms with Crippen LogP contribution in [-0.2, 0) is 4.79 Å². The van der Waals surface area contributed by atoms with Gasteiger partial charge in [-0.15, -0.1) is 0 Å². The summed E-state index contributed by atoms with van der Waals surface area (Å²) in [4.78, 5) is 35.4. The Morgan fingerprint density at radius 1 is 1.10 bits per heavy atom. The minimum atomic E-state index is 0.00724. The Morgan fingerprint density at radius 3 is 2.45 bits per heavy atom. The van der Waals surface area contributed by atoms with E-state index in [1.54, 1.807) is 6.20 Å². The highest BCUT2D eigenvalue weighted by molar-refractivity contribution is 5.97. The summed E-state index contributed by atoms with van der Waals surface area (Å²) in [6.45, 7) is 13.8. The fourth-order valence-electron chi connectivity index (χ4n) is 4.23. The highest BCUT2D eigenvalue weighted by Crippen LogP contribution is 2.25. The first-order chi connectivity index (χ1) is 14.0. The molecule has 1 aromatic rings. The maximum Gasteiger partial charge on any atom is 0.166 e. The van der Waals surface area contributed by atoms with Crippen molar-refractivity contribution in [1.29, 1.82) is 0 Å². The van der Waals surface area contributed by atoms with Gasteiger partial charge in [0.15, 0.2) is 5.78 Å². The number of carbonyl (C=O) groups is 2. The average molecular weight is 401 g/mol. The highest BCUT2D eigenvalue weighted by atomic mass is 16.1. The van der Waals surface area contributed by atoms with E-state index in [2.05, 4.69) is 19.7 Å². The van der Waals surface area contributed by atoms with E-state index in [0.717, 1.165) is 51.6 Å². The van der Waals surface area contributed by atoms with Gasteiger partial charge in [-0.1, -0.05) is 20.8 Å². The molecule has 29 heavy (non-hydrogen) atoms. The Hall–Kier alpha value is -1.79. The van der Waals surface area contributed by atoms with E-state index < -0.39 is 0 Å². The standard InChI is InChI=1S/C23H36N4O2/c1-4-21(28)17-26-13-11-25(12-14-26)9-7-19-8-10-27(16-19)22-6-5-20(15-24-22)23(29)18(2)3/h5-6,15,18-19H,4,7-14,16-17H2,1-3H3. The van der Waals surface area contributed by atoms with Crippen LogP contribution in [0.5, 0.6) is 0 Å². The molecule has 6 heteroatoms. The first-order valence-electron chi connectivity index (χ1n) is 11.2. The van der Waals surface area contributed by atoms with Crippen molar-refractivity contribution >= 4 is 17.4 Å². The lowest BCUT2D eigenvalue weighted by atomic mass is 10.0. The van der Waals surface area contributed by atoms with Crippen LogP contribution in [0.25, 0.3) is 0 Å². The summed E-state index contributed by atoms with van der Waals surface area (Å²) >= 11 is 0. The summed E-state index contributed by atoms with van der Waals surface area (Å²) in [5, 5.41) is 0. The summed E-state index contributed by atoms with van der Waals surface area (Å²) in [5.41, 5.74) is 0.708. The zero-order valence-electron chi connectivity index (χ0n) is 18.3. The number of ketones is 2. The number of piperazine rings is 1. The van der Waals surface area contributed by atoms with Crippen LogP contribution in [0.3, 0.4) is 0 Å². The molecule has 2 saturated heterocycles. The first-order valence-corrected chi connectivity index (χ1v) is 11.2. The predicted octanol–water partition coefficient (Wildman–Crippen LogP) is 2.73. The molecule has 2 fully saturated rings. The van der Waals surface area contributed by atoms with Gasteiger partial charge in [-0.05, 0) is 37.4 Å². The van der Waals surface area contributed by atoms with Crippen molar-refractivity contribution in [2.45, 2.75) is 40.0 Å².